The first-order valence-electron chi connectivity index (χ1n) is 7.04. The van der Waals surface area contributed by atoms with E-state index in [4.69, 9.17) is 4.74 Å². The molecular weight excluding hydrogens is 314 g/mol. The van der Waals surface area contributed by atoms with Crippen LogP contribution in [-0.4, -0.2) is 23.7 Å². The molecule has 1 unspecified atom stereocenters. The van der Waals surface area contributed by atoms with Crippen LogP contribution in [0.5, 0.6) is 5.75 Å². The van der Waals surface area contributed by atoms with Crippen LogP contribution in [0.3, 0.4) is 0 Å². The van der Waals surface area contributed by atoms with E-state index in [-0.39, 0.29) is 5.69 Å². The SMILES string of the molecule is COc1ccc(C2NN(c3ccc([N+](=O)[O-])cc3)C(=O)C2=O)cc1. The standard InChI is InChI=1S/C16H13N3O5/c1-24-13-8-2-10(3-9-13)14-15(20)16(21)18(17-14)11-4-6-12(7-5-11)19(22)23/h2-9,14,17H,1H3. The molecule has 1 N–H and O–H groups in total. The normalized spacial score (nSPS) is 17.2. The maximum Gasteiger partial charge on any atom is 0.310 e. The molecule has 0 aliphatic carbocycles. The number of ether oxygens (including phenoxy) is 1. The van der Waals surface area contributed by atoms with Crippen LogP contribution in [0.1, 0.15) is 11.6 Å². The summed E-state index contributed by atoms with van der Waals surface area (Å²) < 4.78 is 5.06. The molecule has 2 aromatic rings. The Morgan fingerprint density at radius 3 is 2.25 bits per heavy atom. The smallest absolute Gasteiger partial charge is 0.310 e. The van der Waals surface area contributed by atoms with Gasteiger partial charge in [0.15, 0.2) is 0 Å². The molecular formula is C16H13N3O5. The van der Waals surface area contributed by atoms with Crippen molar-refractivity contribution in [2.24, 2.45) is 0 Å². The van der Waals surface area contributed by atoms with Gasteiger partial charge in [0, 0.05) is 12.1 Å². The Morgan fingerprint density at radius 2 is 1.71 bits per heavy atom. The number of hydrazine groups is 1. The maximum atomic E-state index is 12.2. The van der Waals surface area contributed by atoms with Gasteiger partial charge in [0.25, 0.3) is 5.69 Å². The largest absolute Gasteiger partial charge is 0.497 e. The van der Waals surface area contributed by atoms with E-state index in [2.05, 4.69) is 5.43 Å². The van der Waals surface area contributed by atoms with Crippen LogP contribution >= 0.6 is 0 Å². The Bertz CT molecular complexity index is 801. The van der Waals surface area contributed by atoms with Crippen LogP contribution < -0.4 is 15.2 Å². The molecule has 1 saturated heterocycles. The summed E-state index contributed by atoms with van der Waals surface area (Å²) in [5, 5.41) is 11.8. The highest BCUT2D eigenvalue weighted by atomic mass is 16.6. The number of hydrogen-bond donors (Lipinski definition) is 1. The van der Waals surface area contributed by atoms with Crippen molar-refractivity contribution < 1.29 is 19.2 Å². The van der Waals surface area contributed by atoms with E-state index in [1.54, 1.807) is 24.3 Å². The number of ketones is 1. The van der Waals surface area contributed by atoms with Crippen molar-refractivity contribution in [1.29, 1.82) is 0 Å². The summed E-state index contributed by atoms with van der Waals surface area (Å²) in [6, 6.07) is 11.3. The first-order valence-corrected chi connectivity index (χ1v) is 7.04. The van der Waals surface area contributed by atoms with E-state index in [1.807, 2.05) is 0 Å². The highest BCUT2D eigenvalue weighted by Crippen LogP contribution is 2.27. The van der Waals surface area contributed by atoms with Crippen molar-refractivity contribution in [1.82, 2.24) is 5.43 Å². The number of hydrogen-bond acceptors (Lipinski definition) is 6. The average Bonchev–Trinajstić information content (AvgIpc) is 2.90. The lowest BCUT2D eigenvalue weighted by molar-refractivity contribution is -0.384. The summed E-state index contributed by atoms with van der Waals surface area (Å²) >= 11 is 0. The number of anilines is 1. The number of nitrogens with zero attached hydrogens (tertiary/aromatic N) is 2. The fraction of sp³-hybridized carbons (Fsp3) is 0.125. The van der Waals surface area contributed by atoms with E-state index in [1.165, 1.54) is 31.4 Å². The van der Waals surface area contributed by atoms with Gasteiger partial charge in [-0.3, -0.25) is 19.7 Å². The summed E-state index contributed by atoms with van der Waals surface area (Å²) in [5.74, 6) is -0.675. The summed E-state index contributed by atoms with van der Waals surface area (Å²) in [7, 11) is 1.54. The molecule has 0 aromatic heterocycles. The molecule has 1 amide bonds. The summed E-state index contributed by atoms with van der Waals surface area (Å²) in [5.41, 5.74) is 3.72. The van der Waals surface area contributed by atoms with Crippen molar-refractivity contribution in [3.63, 3.8) is 0 Å². The predicted octanol–water partition coefficient (Wildman–Crippen LogP) is 1.76. The lowest BCUT2D eigenvalue weighted by Gasteiger charge is -2.17. The van der Waals surface area contributed by atoms with Crippen LogP contribution in [0.4, 0.5) is 11.4 Å². The number of carbonyl (C=O) groups is 2. The molecule has 1 heterocycles. The van der Waals surface area contributed by atoms with Gasteiger partial charge >= 0.3 is 5.91 Å². The molecule has 2 aromatic carbocycles. The van der Waals surface area contributed by atoms with Gasteiger partial charge in [-0.2, -0.15) is 0 Å². The van der Waals surface area contributed by atoms with Gasteiger partial charge in [-0.25, -0.2) is 10.4 Å². The number of non-ortho nitro benzene ring substituents is 1. The van der Waals surface area contributed by atoms with Crippen LogP contribution in [0, 0.1) is 10.1 Å². The number of carbonyl (C=O) groups excluding carboxylic acids is 2. The average molecular weight is 327 g/mol. The predicted molar refractivity (Wildman–Crippen MR) is 84.5 cm³/mol. The number of nitrogens with one attached hydrogen (secondary N) is 1. The van der Waals surface area contributed by atoms with Gasteiger partial charge in [0.2, 0.25) is 5.78 Å². The second-order valence-corrected chi connectivity index (χ2v) is 5.11. The number of Topliss-reactive ketones (excluding diaryl/α,β-unsaturated/α-hetero) is 1. The quantitative estimate of drug-likeness (QED) is 0.521. The zero-order valence-electron chi connectivity index (χ0n) is 12.6. The molecule has 1 aliphatic heterocycles. The molecule has 1 aliphatic rings. The van der Waals surface area contributed by atoms with Crippen molar-refractivity contribution in [2.75, 3.05) is 12.1 Å². The Balaban J connectivity index is 1.85. The van der Waals surface area contributed by atoms with Crippen molar-refractivity contribution >= 4 is 23.1 Å². The van der Waals surface area contributed by atoms with E-state index >= 15 is 0 Å². The molecule has 0 spiro atoms. The van der Waals surface area contributed by atoms with E-state index in [0.717, 1.165) is 5.01 Å². The summed E-state index contributed by atoms with van der Waals surface area (Å²) in [6.45, 7) is 0. The van der Waals surface area contributed by atoms with Gasteiger partial charge in [-0.05, 0) is 29.8 Å². The van der Waals surface area contributed by atoms with Crippen LogP contribution in [0.25, 0.3) is 0 Å². The van der Waals surface area contributed by atoms with E-state index in [9.17, 15) is 19.7 Å². The molecule has 0 saturated carbocycles. The van der Waals surface area contributed by atoms with Crippen LogP contribution in [0.15, 0.2) is 48.5 Å². The van der Waals surface area contributed by atoms with Gasteiger partial charge in [0.05, 0.1) is 17.7 Å². The minimum atomic E-state index is -0.807. The molecule has 1 fully saturated rings. The first kappa shape index (κ1) is 15.6. The number of benzene rings is 2. The number of amides is 1. The molecule has 122 valence electrons. The second-order valence-electron chi connectivity index (χ2n) is 5.11. The van der Waals surface area contributed by atoms with E-state index in [0.29, 0.717) is 17.0 Å². The number of rotatable bonds is 4. The highest BCUT2D eigenvalue weighted by Gasteiger charge is 2.40. The molecule has 24 heavy (non-hydrogen) atoms. The van der Waals surface area contributed by atoms with E-state index < -0.39 is 22.7 Å². The Hall–Kier alpha value is -3.26. The molecule has 3 rings (SSSR count). The number of methoxy groups -OCH3 is 1. The summed E-state index contributed by atoms with van der Waals surface area (Å²) in [6.07, 6.45) is 0. The Labute approximate surface area is 136 Å². The number of nitro benzene ring substituents is 1. The zero-order chi connectivity index (χ0) is 17.3. The minimum absolute atomic E-state index is 0.0940. The molecule has 0 radical (unpaired) electrons. The maximum absolute atomic E-state index is 12.2. The van der Waals surface area contributed by atoms with Crippen molar-refractivity contribution in [3.05, 3.63) is 64.2 Å². The van der Waals surface area contributed by atoms with Gasteiger partial charge in [-0.1, -0.05) is 12.1 Å². The lowest BCUT2D eigenvalue weighted by atomic mass is 10.0. The fourth-order valence-corrected chi connectivity index (χ4v) is 2.42. The number of nitro groups is 1. The molecule has 0 bridgehead atoms. The first-order chi connectivity index (χ1) is 11.5. The van der Waals surface area contributed by atoms with Gasteiger partial charge in [0.1, 0.15) is 11.8 Å². The highest BCUT2D eigenvalue weighted by molar-refractivity contribution is 6.45. The molecule has 8 nitrogen and oxygen atoms in total. The lowest BCUT2D eigenvalue weighted by Crippen LogP contribution is -2.35. The topological polar surface area (TPSA) is 102 Å². The van der Waals surface area contributed by atoms with Gasteiger partial charge < -0.3 is 4.74 Å². The zero-order valence-corrected chi connectivity index (χ0v) is 12.6. The minimum Gasteiger partial charge on any atom is -0.497 e. The monoisotopic (exact) mass is 327 g/mol. The van der Waals surface area contributed by atoms with Crippen LogP contribution in [0.2, 0.25) is 0 Å². The second kappa shape index (κ2) is 6.09. The Morgan fingerprint density at radius 1 is 1.08 bits per heavy atom. The molecule has 1 atom stereocenters. The fourth-order valence-electron chi connectivity index (χ4n) is 2.42. The van der Waals surface area contributed by atoms with Crippen molar-refractivity contribution in [2.45, 2.75) is 6.04 Å². The molecule has 8 heteroatoms. The third-order valence-corrected chi connectivity index (χ3v) is 3.70. The summed E-state index contributed by atoms with van der Waals surface area (Å²) in [4.78, 5) is 34.6. The third-order valence-electron chi connectivity index (χ3n) is 3.70. The van der Waals surface area contributed by atoms with Crippen LogP contribution in [-0.2, 0) is 9.59 Å². The van der Waals surface area contributed by atoms with Gasteiger partial charge in [-0.15, -0.1) is 0 Å². The Kier molecular flexibility index (Phi) is 3.97. The van der Waals surface area contributed by atoms with Crippen molar-refractivity contribution in [3.8, 4) is 5.75 Å². The third kappa shape index (κ3) is 2.70.